The van der Waals surface area contributed by atoms with Crippen molar-refractivity contribution in [1.82, 2.24) is 19.9 Å². The van der Waals surface area contributed by atoms with E-state index in [-0.39, 0.29) is 0 Å². The van der Waals surface area contributed by atoms with Gasteiger partial charge in [0.15, 0.2) is 0 Å². The monoisotopic (exact) mass is 574 g/mol. The van der Waals surface area contributed by atoms with Gasteiger partial charge < -0.3 is 0 Å². The Balaban J connectivity index is 1.23. The highest BCUT2D eigenvalue weighted by molar-refractivity contribution is 6.03. The van der Waals surface area contributed by atoms with E-state index in [0.717, 1.165) is 55.3 Å². The first-order valence-electron chi connectivity index (χ1n) is 15.1. The number of pyridine rings is 4. The molecule has 0 saturated carbocycles. The van der Waals surface area contributed by atoms with Gasteiger partial charge in [-0.1, -0.05) is 91.0 Å². The van der Waals surface area contributed by atoms with Crippen LogP contribution >= 0.6 is 0 Å². The van der Waals surface area contributed by atoms with Gasteiger partial charge in [0, 0.05) is 47.3 Å². The number of nitrogens with zero attached hydrogens (tertiary/aromatic N) is 4. The van der Waals surface area contributed by atoms with Crippen LogP contribution in [-0.4, -0.2) is 19.9 Å². The highest BCUT2D eigenvalue weighted by Crippen LogP contribution is 2.56. The van der Waals surface area contributed by atoms with Crippen LogP contribution in [0.15, 0.2) is 158 Å². The topological polar surface area (TPSA) is 51.6 Å². The van der Waals surface area contributed by atoms with E-state index in [1.54, 1.807) is 0 Å². The van der Waals surface area contributed by atoms with Crippen LogP contribution in [0.1, 0.15) is 22.3 Å². The summed E-state index contributed by atoms with van der Waals surface area (Å²) in [5.41, 5.74) is 12.8. The molecule has 4 nitrogen and oxygen atoms in total. The third-order valence-corrected chi connectivity index (χ3v) is 9.16. The average molecular weight is 575 g/mol. The van der Waals surface area contributed by atoms with Crippen LogP contribution in [0.4, 0.5) is 0 Å². The fourth-order valence-electron chi connectivity index (χ4n) is 7.16. The van der Waals surface area contributed by atoms with Crippen LogP contribution in [0.5, 0.6) is 0 Å². The van der Waals surface area contributed by atoms with Crippen molar-refractivity contribution in [3.63, 3.8) is 0 Å². The van der Waals surface area contributed by atoms with Gasteiger partial charge in [0.05, 0.1) is 22.1 Å². The van der Waals surface area contributed by atoms with E-state index >= 15 is 0 Å². The highest BCUT2D eigenvalue weighted by atomic mass is 14.8. The van der Waals surface area contributed by atoms with E-state index in [9.17, 15) is 0 Å². The maximum atomic E-state index is 5.12. The zero-order valence-electron chi connectivity index (χ0n) is 24.3. The number of hydrogen-bond donors (Lipinski definition) is 0. The molecule has 0 aliphatic heterocycles. The molecule has 210 valence electrons. The minimum atomic E-state index is -0.546. The summed E-state index contributed by atoms with van der Waals surface area (Å²) in [5, 5.41) is 2.18. The van der Waals surface area contributed by atoms with Crippen molar-refractivity contribution in [3.8, 4) is 33.5 Å². The zero-order valence-corrected chi connectivity index (χ0v) is 24.3. The van der Waals surface area contributed by atoms with Gasteiger partial charge in [0.2, 0.25) is 0 Å². The minimum Gasteiger partial charge on any atom is -0.264 e. The molecular formula is C41H26N4. The average Bonchev–Trinajstić information content (AvgIpc) is 3.42. The Morgan fingerprint density at radius 1 is 0.444 bits per heavy atom. The summed E-state index contributed by atoms with van der Waals surface area (Å²) in [4.78, 5) is 18.9. The lowest BCUT2D eigenvalue weighted by Crippen LogP contribution is -2.29. The lowest BCUT2D eigenvalue weighted by molar-refractivity contribution is 0.757. The van der Waals surface area contributed by atoms with Gasteiger partial charge in [-0.05, 0) is 80.9 Å². The van der Waals surface area contributed by atoms with E-state index in [0.29, 0.717) is 0 Å². The van der Waals surface area contributed by atoms with Gasteiger partial charge in [0.1, 0.15) is 0 Å². The maximum Gasteiger partial charge on any atom is 0.0972 e. The van der Waals surface area contributed by atoms with Crippen molar-refractivity contribution in [3.05, 3.63) is 181 Å². The second-order valence-electron chi connectivity index (χ2n) is 11.5. The smallest absolute Gasteiger partial charge is 0.0972 e. The summed E-state index contributed by atoms with van der Waals surface area (Å²) in [6.07, 6.45) is 9.50. The van der Waals surface area contributed by atoms with Crippen molar-refractivity contribution < 1.29 is 0 Å². The summed E-state index contributed by atoms with van der Waals surface area (Å²) in [5.74, 6) is 0. The van der Waals surface area contributed by atoms with Crippen LogP contribution in [0.3, 0.4) is 0 Å². The quantitative estimate of drug-likeness (QED) is 0.197. The van der Waals surface area contributed by atoms with Gasteiger partial charge in [-0.3, -0.25) is 15.0 Å². The number of aromatic nitrogens is 4. The molecule has 4 heterocycles. The lowest BCUT2D eigenvalue weighted by atomic mass is 9.68. The molecule has 0 bridgehead atoms. The predicted molar refractivity (Wildman–Crippen MR) is 181 cm³/mol. The van der Waals surface area contributed by atoms with E-state index < -0.39 is 5.41 Å². The standard InChI is InChI=1S/C41H26N4/c1-2-13-36-34(12-1)35-18-16-30(24-37(35)41(36,32-10-5-20-42-25-32)33-11-6-21-43-26-33)29-7-3-8-31(23-29)38-19-17-28-15-14-27-9-4-22-44-39(27)40(28)45-38/h1-26H. The van der Waals surface area contributed by atoms with E-state index in [1.807, 2.05) is 49.2 Å². The molecule has 1 aliphatic carbocycles. The molecule has 0 N–H and O–H groups in total. The third kappa shape index (κ3) is 3.86. The van der Waals surface area contributed by atoms with Crippen LogP contribution in [0, 0.1) is 0 Å². The van der Waals surface area contributed by atoms with Crippen molar-refractivity contribution in [2.45, 2.75) is 5.41 Å². The second kappa shape index (κ2) is 10.0. The number of hydrogen-bond acceptors (Lipinski definition) is 4. The summed E-state index contributed by atoms with van der Waals surface area (Å²) >= 11 is 0. The SMILES string of the molecule is c1cc(-c2ccc3c(c2)C(c2cccnc2)(c2cccnc2)c2ccccc2-3)cc(-c2ccc3ccc4cccnc4c3n2)c1. The second-order valence-corrected chi connectivity index (χ2v) is 11.5. The van der Waals surface area contributed by atoms with Crippen molar-refractivity contribution >= 4 is 21.8 Å². The number of rotatable bonds is 4. The van der Waals surface area contributed by atoms with E-state index in [4.69, 9.17) is 4.98 Å². The molecule has 0 spiro atoms. The zero-order chi connectivity index (χ0) is 29.8. The van der Waals surface area contributed by atoms with Gasteiger partial charge >= 0.3 is 0 Å². The maximum absolute atomic E-state index is 5.12. The fraction of sp³-hybridized carbons (Fsp3) is 0.0244. The predicted octanol–water partition coefficient (Wildman–Crippen LogP) is 9.27. The van der Waals surface area contributed by atoms with Gasteiger partial charge in [0.25, 0.3) is 0 Å². The summed E-state index contributed by atoms with van der Waals surface area (Å²) in [7, 11) is 0. The molecule has 4 heteroatoms. The highest BCUT2D eigenvalue weighted by Gasteiger charge is 2.46. The summed E-state index contributed by atoms with van der Waals surface area (Å²) in [6.45, 7) is 0. The van der Waals surface area contributed by atoms with Crippen LogP contribution in [-0.2, 0) is 5.41 Å². The number of benzene rings is 4. The Bertz CT molecular complexity index is 2340. The van der Waals surface area contributed by atoms with Gasteiger partial charge in [-0.2, -0.15) is 0 Å². The van der Waals surface area contributed by atoms with Crippen molar-refractivity contribution in [1.29, 1.82) is 0 Å². The van der Waals surface area contributed by atoms with Crippen LogP contribution < -0.4 is 0 Å². The van der Waals surface area contributed by atoms with Crippen molar-refractivity contribution in [2.75, 3.05) is 0 Å². The molecule has 0 saturated heterocycles. The fourth-order valence-corrected chi connectivity index (χ4v) is 7.16. The molecule has 4 aromatic carbocycles. The Labute approximate surface area is 260 Å². The largest absolute Gasteiger partial charge is 0.264 e. The molecule has 0 fully saturated rings. The Kier molecular flexibility index (Phi) is 5.69. The third-order valence-electron chi connectivity index (χ3n) is 9.16. The first-order chi connectivity index (χ1) is 22.3. The molecular weight excluding hydrogens is 548 g/mol. The molecule has 0 atom stereocenters. The van der Waals surface area contributed by atoms with Crippen LogP contribution in [0.25, 0.3) is 55.3 Å². The Hall–Kier alpha value is -6.00. The first-order valence-corrected chi connectivity index (χ1v) is 15.1. The summed E-state index contributed by atoms with van der Waals surface area (Å²) < 4.78 is 0. The minimum absolute atomic E-state index is 0.546. The van der Waals surface area contributed by atoms with Crippen molar-refractivity contribution in [2.24, 2.45) is 0 Å². The summed E-state index contributed by atoms with van der Waals surface area (Å²) in [6, 6.07) is 45.2. The molecule has 1 aliphatic rings. The molecule has 8 aromatic rings. The molecule has 9 rings (SSSR count). The molecule has 0 amide bonds. The van der Waals surface area contributed by atoms with Gasteiger partial charge in [-0.25, -0.2) is 4.98 Å². The molecule has 4 aromatic heterocycles. The normalized spacial score (nSPS) is 13.1. The first kappa shape index (κ1) is 25.5. The number of fused-ring (bicyclic) bond motifs is 6. The van der Waals surface area contributed by atoms with E-state index in [1.165, 1.54) is 22.3 Å². The Morgan fingerprint density at radius 3 is 1.93 bits per heavy atom. The van der Waals surface area contributed by atoms with Gasteiger partial charge in [-0.15, -0.1) is 0 Å². The molecule has 0 radical (unpaired) electrons. The lowest BCUT2D eigenvalue weighted by Gasteiger charge is -2.33. The molecule has 0 unspecified atom stereocenters. The van der Waals surface area contributed by atoms with E-state index in [2.05, 4.69) is 124 Å². The Morgan fingerprint density at radius 2 is 1.13 bits per heavy atom. The van der Waals surface area contributed by atoms with Crippen LogP contribution in [0.2, 0.25) is 0 Å². The molecule has 45 heavy (non-hydrogen) atoms.